The van der Waals surface area contributed by atoms with Crippen molar-refractivity contribution in [2.24, 2.45) is 0 Å². The number of hydrogen-bond donors (Lipinski definition) is 0. The topological polar surface area (TPSA) is 39.9 Å². The first-order valence-electron chi connectivity index (χ1n) is 7.92. The van der Waals surface area contributed by atoms with Crippen LogP contribution in [0.5, 0.6) is 5.75 Å². The molecule has 0 N–H and O–H groups in total. The molecule has 0 radical (unpaired) electrons. The number of aromatic nitrogens is 3. The van der Waals surface area contributed by atoms with E-state index in [0.717, 1.165) is 43.8 Å². The SMILES string of the molecule is COc1ccc(-c2ccnc3c2c(C)nn3-c2ccc(Br)cc2)cc1. The van der Waals surface area contributed by atoms with Gasteiger partial charge in [-0.25, -0.2) is 9.67 Å². The minimum absolute atomic E-state index is 0.844. The summed E-state index contributed by atoms with van der Waals surface area (Å²) in [5.41, 5.74) is 5.03. The zero-order valence-electron chi connectivity index (χ0n) is 13.9. The van der Waals surface area contributed by atoms with Crippen molar-refractivity contribution in [3.05, 3.63) is 71.0 Å². The lowest BCUT2D eigenvalue weighted by Gasteiger charge is -2.06. The van der Waals surface area contributed by atoms with Gasteiger partial charge in [0.15, 0.2) is 5.65 Å². The molecule has 0 unspecified atom stereocenters. The van der Waals surface area contributed by atoms with Gasteiger partial charge in [-0.05, 0) is 60.5 Å². The van der Waals surface area contributed by atoms with Crippen LogP contribution in [0.25, 0.3) is 27.8 Å². The molecule has 4 nitrogen and oxygen atoms in total. The molecule has 2 heterocycles. The summed E-state index contributed by atoms with van der Waals surface area (Å²) in [7, 11) is 1.67. The van der Waals surface area contributed by atoms with Gasteiger partial charge in [-0.1, -0.05) is 28.1 Å². The average molecular weight is 394 g/mol. The van der Waals surface area contributed by atoms with Crippen LogP contribution < -0.4 is 4.74 Å². The first kappa shape index (κ1) is 15.8. The second-order valence-corrected chi connectivity index (χ2v) is 6.67. The van der Waals surface area contributed by atoms with E-state index in [1.54, 1.807) is 7.11 Å². The molecule has 5 heteroatoms. The highest BCUT2D eigenvalue weighted by atomic mass is 79.9. The van der Waals surface area contributed by atoms with Crippen molar-refractivity contribution in [1.82, 2.24) is 14.8 Å². The van der Waals surface area contributed by atoms with Gasteiger partial charge in [0.25, 0.3) is 0 Å². The second-order valence-electron chi connectivity index (χ2n) is 5.76. The molecule has 0 amide bonds. The Morgan fingerprint density at radius 2 is 1.68 bits per heavy atom. The number of halogens is 1. The third-order valence-electron chi connectivity index (χ3n) is 4.22. The smallest absolute Gasteiger partial charge is 0.163 e. The molecule has 0 saturated carbocycles. The number of fused-ring (bicyclic) bond motifs is 1. The highest BCUT2D eigenvalue weighted by Crippen LogP contribution is 2.32. The minimum Gasteiger partial charge on any atom is -0.497 e. The van der Waals surface area contributed by atoms with Gasteiger partial charge in [0.1, 0.15) is 5.75 Å². The molecule has 0 saturated heterocycles. The molecular formula is C20H16BrN3O. The monoisotopic (exact) mass is 393 g/mol. The summed E-state index contributed by atoms with van der Waals surface area (Å²) >= 11 is 3.47. The van der Waals surface area contributed by atoms with Gasteiger partial charge in [-0.2, -0.15) is 5.10 Å². The van der Waals surface area contributed by atoms with Gasteiger partial charge in [0.2, 0.25) is 0 Å². The van der Waals surface area contributed by atoms with Gasteiger partial charge >= 0.3 is 0 Å². The minimum atomic E-state index is 0.844. The molecule has 0 atom stereocenters. The van der Waals surface area contributed by atoms with E-state index in [2.05, 4.69) is 33.0 Å². The van der Waals surface area contributed by atoms with E-state index >= 15 is 0 Å². The van der Waals surface area contributed by atoms with E-state index in [0.29, 0.717) is 0 Å². The van der Waals surface area contributed by atoms with Crippen LogP contribution in [-0.2, 0) is 0 Å². The van der Waals surface area contributed by atoms with Crippen molar-refractivity contribution in [3.8, 4) is 22.6 Å². The zero-order valence-corrected chi connectivity index (χ0v) is 15.5. The van der Waals surface area contributed by atoms with Crippen molar-refractivity contribution in [1.29, 1.82) is 0 Å². The fraction of sp³-hybridized carbons (Fsp3) is 0.100. The number of rotatable bonds is 3. The summed E-state index contributed by atoms with van der Waals surface area (Å²) < 4.78 is 8.19. The lowest BCUT2D eigenvalue weighted by molar-refractivity contribution is 0.415. The van der Waals surface area contributed by atoms with Crippen molar-refractivity contribution in [2.45, 2.75) is 6.92 Å². The van der Waals surface area contributed by atoms with Crippen LogP contribution in [-0.4, -0.2) is 21.9 Å². The van der Waals surface area contributed by atoms with Gasteiger partial charge in [0, 0.05) is 10.7 Å². The Bertz CT molecular complexity index is 1040. The largest absolute Gasteiger partial charge is 0.497 e. The third-order valence-corrected chi connectivity index (χ3v) is 4.74. The molecule has 0 bridgehead atoms. The Labute approximate surface area is 154 Å². The molecule has 0 aliphatic heterocycles. The zero-order chi connectivity index (χ0) is 17.4. The number of ether oxygens (including phenoxy) is 1. The van der Waals surface area contributed by atoms with E-state index in [4.69, 9.17) is 9.84 Å². The summed E-state index contributed by atoms with van der Waals surface area (Å²) in [5.74, 6) is 0.844. The average Bonchev–Trinajstić information content (AvgIpc) is 2.99. The Morgan fingerprint density at radius 1 is 0.960 bits per heavy atom. The lowest BCUT2D eigenvalue weighted by Crippen LogP contribution is -1.97. The number of pyridine rings is 1. The number of hydrogen-bond acceptors (Lipinski definition) is 3. The third kappa shape index (κ3) is 2.81. The summed E-state index contributed by atoms with van der Waals surface area (Å²) in [6.45, 7) is 2.02. The van der Waals surface area contributed by atoms with Crippen LogP contribution in [0.1, 0.15) is 5.69 Å². The van der Waals surface area contributed by atoms with E-state index < -0.39 is 0 Å². The Morgan fingerprint density at radius 3 is 2.36 bits per heavy atom. The fourth-order valence-electron chi connectivity index (χ4n) is 2.99. The van der Waals surface area contributed by atoms with Crippen LogP contribution in [0, 0.1) is 6.92 Å². The summed E-state index contributed by atoms with van der Waals surface area (Å²) in [4.78, 5) is 4.58. The maximum absolute atomic E-state index is 5.26. The van der Waals surface area contributed by atoms with Gasteiger partial charge in [-0.15, -0.1) is 0 Å². The van der Waals surface area contributed by atoms with E-state index in [-0.39, 0.29) is 0 Å². The molecule has 0 aliphatic carbocycles. The number of methoxy groups -OCH3 is 1. The van der Waals surface area contributed by atoms with E-state index in [1.165, 1.54) is 0 Å². The summed E-state index contributed by atoms with van der Waals surface area (Å²) in [6, 6.07) is 18.2. The molecule has 0 aliphatic rings. The van der Waals surface area contributed by atoms with Crippen molar-refractivity contribution >= 4 is 27.0 Å². The lowest BCUT2D eigenvalue weighted by atomic mass is 10.0. The van der Waals surface area contributed by atoms with Crippen LogP contribution in [0.15, 0.2) is 65.3 Å². The molecule has 4 aromatic rings. The van der Waals surface area contributed by atoms with Gasteiger partial charge in [-0.3, -0.25) is 0 Å². The predicted molar refractivity (Wildman–Crippen MR) is 103 cm³/mol. The number of nitrogens with zero attached hydrogens (tertiary/aromatic N) is 3. The van der Waals surface area contributed by atoms with Crippen LogP contribution in [0.3, 0.4) is 0 Å². The molecule has 25 heavy (non-hydrogen) atoms. The van der Waals surface area contributed by atoms with Gasteiger partial charge < -0.3 is 4.74 Å². The quantitative estimate of drug-likeness (QED) is 0.482. The first-order valence-corrected chi connectivity index (χ1v) is 8.71. The Balaban J connectivity index is 1.91. The van der Waals surface area contributed by atoms with Crippen molar-refractivity contribution < 1.29 is 4.74 Å². The molecular weight excluding hydrogens is 378 g/mol. The number of aryl methyl sites for hydroxylation is 1. The fourth-order valence-corrected chi connectivity index (χ4v) is 3.25. The maximum atomic E-state index is 5.26. The van der Waals surface area contributed by atoms with Crippen molar-refractivity contribution in [3.63, 3.8) is 0 Å². The normalized spacial score (nSPS) is 11.0. The molecule has 2 aromatic heterocycles. The molecule has 4 rings (SSSR count). The second kappa shape index (κ2) is 6.33. The van der Waals surface area contributed by atoms with Crippen LogP contribution >= 0.6 is 15.9 Å². The molecule has 124 valence electrons. The summed E-state index contributed by atoms with van der Waals surface area (Å²) in [6.07, 6.45) is 1.83. The van der Waals surface area contributed by atoms with Crippen molar-refractivity contribution in [2.75, 3.05) is 7.11 Å². The summed E-state index contributed by atoms with van der Waals surface area (Å²) in [5, 5.41) is 5.79. The Hall–Kier alpha value is -2.66. The number of benzene rings is 2. The molecule has 2 aromatic carbocycles. The molecule has 0 spiro atoms. The first-order chi connectivity index (χ1) is 12.2. The highest BCUT2D eigenvalue weighted by Gasteiger charge is 2.15. The standard InChI is InChI=1S/C20H16BrN3O/c1-13-19-18(14-3-9-17(25-2)10-4-14)11-12-22-20(19)24(23-13)16-7-5-15(21)6-8-16/h3-12H,1-2H3. The van der Waals surface area contributed by atoms with E-state index in [9.17, 15) is 0 Å². The van der Waals surface area contributed by atoms with Gasteiger partial charge in [0.05, 0.1) is 23.9 Å². The highest BCUT2D eigenvalue weighted by molar-refractivity contribution is 9.10. The van der Waals surface area contributed by atoms with Crippen LogP contribution in [0.4, 0.5) is 0 Å². The predicted octanol–water partition coefficient (Wildman–Crippen LogP) is 5.17. The van der Waals surface area contributed by atoms with Crippen LogP contribution in [0.2, 0.25) is 0 Å². The Kier molecular flexibility index (Phi) is 4.01. The maximum Gasteiger partial charge on any atom is 0.163 e. The molecule has 0 fully saturated rings. The van der Waals surface area contributed by atoms with E-state index in [1.807, 2.05) is 60.3 Å².